The van der Waals surface area contributed by atoms with E-state index in [2.05, 4.69) is 10.1 Å². The molecule has 0 amide bonds. The number of aromatic nitrogens is 3. The molecule has 0 fully saturated rings. The zero-order valence-corrected chi connectivity index (χ0v) is 9.74. The van der Waals surface area contributed by atoms with Crippen LogP contribution in [-0.4, -0.2) is 26.4 Å². The molecule has 0 saturated heterocycles. The highest BCUT2D eigenvalue weighted by molar-refractivity contribution is 5.31. The number of aryl methyl sites for hydroxylation is 1. The standard InChI is InChI=1S/C12H16N4O/c1-16-12(14-8-15-16)11(6-7-13)9-2-4-10(17)5-3-9/h2-5,8,11,17H,6-7,13H2,1H3. The van der Waals surface area contributed by atoms with Gasteiger partial charge in [-0.25, -0.2) is 4.98 Å². The molecule has 1 heterocycles. The van der Waals surface area contributed by atoms with E-state index in [4.69, 9.17) is 5.73 Å². The molecule has 1 aromatic heterocycles. The van der Waals surface area contributed by atoms with Gasteiger partial charge >= 0.3 is 0 Å². The van der Waals surface area contributed by atoms with Crippen LogP contribution in [0.25, 0.3) is 0 Å². The lowest BCUT2D eigenvalue weighted by atomic mass is 9.95. The zero-order chi connectivity index (χ0) is 12.3. The summed E-state index contributed by atoms with van der Waals surface area (Å²) in [6.07, 6.45) is 2.34. The van der Waals surface area contributed by atoms with Crippen molar-refractivity contribution in [2.45, 2.75) is 12.3 Å². The Morgan fingerprint density at radius 2 is 2.06 bits per heavy atom. The Balaban J connectivity index is 2.35. The van der Waals surface area contributed by atoms with Crippen molar-refractivity contribution in [3.63, 3.8) is 0 Å². The molecule has 0 spiro atoms. The summed E-state index contributed by atoms with van der Waals surface area (Å²) in [7, 11) is 1.87. The Bertz CT molecular complexity index is 478. The number of hydrogen-bond donors (Lipinski definition) is 2. The molecule has 2 rings (SSSR count). The summed E-state index contributed by atoms with van der Waals surface area (Å²) in [4.78, 5) is 4.27. The molecule has 0 aliphatic rings. The topological polar surface area (TPSA) is 77.0 Å². The lowest BCUT2D eigenvalue weighted by Gasteiger charge is -2.15. The maximum absolute atomic E-state index is 9.30. The molecule has 5 nitrogen and oxygen atoms in total. The smallest absolute Gasteiger partial charge is 0.138 e. The zero-order valence-electron chi connectivity index (χ0n) is 9.74. The second-order valence-electron chi connectivity index (χ2n) is 3.96. The summed E-state index contributed by atoms with van der Waals surface area (Å²) in [6, 6.07) is 7.14. The van der Waals surface area contributed by atoms with Gasteiger partial charge in [-0.2, -0.15) is 5.10 Å². The van der Waals surface area contributed by atoms with Crippen molar-refractivity contribution in [3.8, 4) is 5.75 Å². The summed E-state index contributed by atoms with van der Waals surface area (Å²) in [5.74, 6) is 1.27. The van der Waals surface area contributed by atoms with Crippen LogP contribution < -0.4 is 5.73 Å². The van der Waals surface area contributed by atoms with Crippen LogP contribution in [0, 0.1) is 0 Å². The van der Waals surface area contributed by atoms with Gasteiger partial charge < -0.3 is 10.8 Å². The minimum atomic E-state index is 0.119. The molecule has 0 bridgehead atoms. The average molecular weight is 232 g/mol. The van der Waals surface area contributed by atoms with Gasteiger partial charge in [0.05, 0.1) is 0 Å². The molecular weight excluding hydrogens is 216 g/mol. The normalized spacial score (nSPS) is 12.6. The van der Waals surface area contributed by atoms with Crippen molar-refractivity contribution < 1.29 is 5.11 Å². The number of hydrogen-bond acceptors (Lipinski definition) is 4. The molecule has 90 valence electrons. The SMILES string of the molecule is Cn1ncnc1C(CCN)c1ccc(O)cc1. The molecule has 0 aliphatic carbocycles. The Morgan fingerprint density at radius 3 is 2.59 bits per heavy atom. The third-order valence-corrected chi connectivity index (χ3v) is 2.81. The van der Waals surface area contributed by atoms with Crippen molar-refractivity contribution >= 4 is 0 Å². The summed E-state index contributed by atoms with van der Waals surface area (Å²) < 4.78 is 1.76. The second kappa shape index (κ2) is 4.97. The minimum absolute atomic E-state index is 0.119. The molecule has 0 radical (unpaired) electrons. The van der Waals surface area contributed by atoms with Gasteiger partial charge in [-0.05, 0) is 30.7 Å². The van der Waals surface area contributed by atoms with Gasteiger partial charge in [-0.3, -0.25) is 4.68 Å². The maximum Gasteiger partial charge on any atom is 0.138 e. The van der Waals surface area contributed by atoms with E-state index in [1.54, 1.807) is 23.1 Å². The fourth-order valence-electron chi connectivity index (χ4n) is 1.94. The van der Waals surface area contributed by atoms with E-state index in [9.17, 15) is 5.11 Å². The number of nitrogens with two attached hydrogens (primary N) is 1. The van der Waals surface area contributed by atoms with Crippen molar-refractivity contribution in [1.82, 2.24) is 14.8 Å². The monoisotopic (exact) mass is 232 g/mol. The van der Waals surface area contributed by atoms with Crippen molar-refractivity contribution in [2.75, 3.05) is 6.54 Å². The highest BCUT2D eigenvalue weighted by atomic mass is 16.3. The van der Waals surface area contributed by atoms with Crippen LogP contribution in [0.15, 0.2) is 30.6 Å². The first-order valence-electron chi connectivity index (χ1n) is 5.55. The molecule has 0 saturated carbocycles. The Labute approximate surface area is 99.9 Å². The lowest BCUT2D eigenvalue weighted by molar-refractivity contribution is 0.474. The Kier molecular flexibility index (Phi) is 3.39. The quantitative estimate of drug-likeness (QED) is 0.824. The minimum Gasteiger partial charge on any atom is -0.508 e. The molecule has 3 N–H and O–H groups in total. The van der Waals surface area contributed by atoms with Gasteiger partial charge in [0.15, 0.2) is 0 Å². The van der Waals surface area contributed by atoms with Gasteiger partial charge in [-0.1, -0.05) is 12.1 Å². The lowest BCUT2D eigenvalue weighted by Crippen LogP contribution is -2.13. The first-order valence-corrected chi connectivity index (χ1v) is 5.55. The first kappa shape index (κ1) is 11.6. The van der Waals surface area contributed by atoms with Crippen molar-refractivity contribution in [3.05, 3.63) is 42.0 Å². The molecule has 1 aromatic carbocycles. The predicted octanol–water partition coefficient (Wildman–Crippen LogP) is 1.00. The van der Waals surface area contributed by atoms with E-state index in [1.165, 1.54) is 0 Å². The molecule has 0 aliphatic heterocycles. The van der Waals surface area contributed by atoms with Gasteiger partial charge in [0.1, 0.15) is 17.9 Å². The average Bonchev–Trinajstić information content (AvgIpc) is 2.74. The first-order chi connectivity index (χ1) is 8.22. The van der Waals surface area contributed by atoms with E-state index in [1.807, 2.05) is 19.2 Å². The highest BCUT2D eigenvalue weighted by Crippen LogP contribution is 2.26. The second-order valence-corrected chi connectivity index (χ2v) is 3.96. The van der Waals surface area contributed by atoms with Gasteiger partial charge in [0.25, 0.3) is 0 Å². The number of benzene rings is 1. The Morgan fingerprint density at radius 1 is 1.35 bits per heavy atom. The number of nitrogens with zero attached hydrogens (tertiary/aromatic N) is 3. The van der Waals surface area contributed by atoms with E-state index >= 15 is 0 Å². The van der Waals surface area contributed by atoms with E-state index < -0.39 is 0 Å². The Hall–Kier alpha value is -1.88. The van der Waals surface area contributed by atoms with E-state index in [0.29, 0.717) is 6.54 Å². The molecule has 2 aromatic rings. The number of rotatable bonds is 4. The van der Waals surface area contributed by atoms with Gasteiger partial charge in [0, 0.05) is 13.0 Å². The molecular formula is C12H16N4O. The third kappa shape index (κ3) is 2.45. The van der Waals surface area contributed by atoms with E-state index in [0.717, 1.165) is 17.8 Å². The van der Waals surface area contributed by atoms with Crippen molar-refractivity contribution in [2.24, 2.45) is 12.8 Å². The number of aromatic hydroxyl groups is 1. The maximum atomic E-state index is 9.30. The van der Waals surface area contributed by atoms with Gasteiger partial charge in [-0.15, -0.1) is 0 Å². The van der Waals surface area contributed by atoms with Crippen LogP contribution in [0.5, 0.6) is 5.75 Å². The fraction of sp³-hybridized carbons (Fsp3) is 0.333. The van der Waals surface area contributed by atoms with E-state index in [-0.39, 0.29) is 11.7 Å². The number of phenols is 1. The predicted molar refractivity (Wildman–Crippen MR) is 64.6 cm³/mol. The molecule has 17 heavy (non-hydrogen) atoms. The van der Waals surface area contributed by atoms with Crippen LogP contribution in [0.1, 0.15) is 23.7 Å². The van der Waals surface area contributed by atoms with Gasteiger partial charge in [0.2, 0.25) is 0 Å². The molecule has 5 heteroatoms. The fourth-order valence-corrected chi connectivity index (χ4v) is 1.94. The molecule has 1 atom stereocenters. The van der Waals surface area contributed by atoms with Crippen molar-refractivity contribution in [1.29, 1.82) is 0 Å². The van der Waals surface area contributed by atoms with Crippen LogP contribution >= 0.6 is 0 Å². The highest BCUT2D eigenvalue weighted by Gasteiger charge is 2.18. The summed E-state index contributed by atoms with van der Waals surface area (Å²) in [5.41, 5.74) is 6.73. The summed E-state index contributed by atoms with van der Waals surface area (Å²) >= 11 is 0. The number of phenolic OH excluding ortho intramolecular Hbond substituents is 1. The van der Waals surface area contributed by atoms with Crippen LogP contribution in [-0.2, 0) is 7.05 Å². The summed E-state index contributed by atoms with van der Waals surface area (Å²) in [6.45, 7) is 0.582. The van der Waals surface area contributed by atoms with Crippen LogP contribution in [0.2, 0.25) is 0 Å². The third-order valence-electron chi connectivity index (χ3n) is 2.81. The molecule has 1 unspecified atom stereocenters. The van der Waals surface area contributed by atoms with Crippen LogP contribution in [0.3, 0.4) is 0 Å². The summed E-state index contributed by atoms with van der Waals surface area (Å²) in [5, 5.41) is 13.4. The van der Waals surface area contributed by atoms with Crippen LogP contribution in [0.4, 0.5) is 0 Å². The largest absolute Gasteiger partial charge is 0.508 e.